The van der Waals surface area contributed by atoms with E-state index in [1.165, 1.54) is 0 Å². The van der Waals surface area contributed by atoms with Crippen LogP contribution < -0.4 is 0 Å². The van der Waals surface area contributed by atoms with E-state index in [-0.39, 0.29) is 6.16 Å². The van der Waals surface area contributed by atoms with Crippen molar-refractivity contribution >= 4 is 13.8 Å². The molecule has 0 bridgehead atoms. The van der Waals surface area contributed by atoms with Crippen LogP contribution in [0.15, 0.2) is 4.99 Å². The van der Waals surface area contributed by atoms with E-state index >= 15 is 0 Å². The summed E-state index contributed by atoms with van der Waals surface area (Å²) in [4.78, 5) is 4.15. The predicted octanol–water partition coefficient (Wildman–Crippen LogP) is 3.12. The smallest absolute Gasteiger partial charge is 0.309 e. The summed E-state index contributed by atoms with van der Waals surface area (Å²) in [6, 6.07) is 0. The SMILES string of the molecule is CCCCN=CCP(=O)(OCC)OCC. The topological polar surface area (TPSA) is 47.9 Å². The van der Waals surface area contributed by atoms with Gasteiger partial charge in [-0.2, -0.15) is 0 Å². The second-order valence-corrected chi connectivity index (χ2v) is 5.17. The van der Waals surface area contributed by atoms with E-state index in [0.29, 0.717) is 13.2 Å². The molecule has 0 unspecified atom stereocenters. The number of hydrogen-bond acceptors (Lipinski definition) is 4. The fourth-order valence-corrected chi connectivity index (χ4v) is 2.42. The first-order valence-electron chi connectivity index (χ1n) is 5.55. The maximum Gasteiger partial charge on any atom is 0.335 e. The molecular formula is C10H22NO3P. The van der Waals surface area contributed by atoms with E-state index in [9.17, 15) is 4.57 Å². The molecule has 0 saturated carbocycles. The van der Waals surface area contributed by atoms with Crippen molar-refractivity contribution in [3.8, 4) is 0 Å². The number of nitrogens with zero attached hydrogens (tertiary/aromatic N) is 1. The second kappa shape index (κ2) is 9.08. The van der Waals surface area contributed by atoms with Crippen LogP contribution in [0.1, 0.15) is 33.6 Å². The highest BCUT2D eigenvalue weighted by Gasteiger charge is 2.21. The van der Waals surface area contributed by atoms with Crippen molar-refractivity contribution in [3.63, 3.8) is 0 Å². The van der Waals surface area contributed by atoms with Gasteiger partial charge in [0.15, 0.2) is 0 Å². The molecule has 0 aromatic rings. The molecule has 90 valence electrons. The normalized spacial score (nSPS) is 12.5. The summed E-state index contributed by atoms with van der Waals surface area (Å²) in [5.41, 5.74) is 0. The van der Waals surface area contributed by atoms with Gasteiger partial charge in [0, 0.05) is 12.8 Å². The van der Waals surface area contributed by atoms with Gasteiger partial charge in [-0.05, 0) is 20.3 Å². The Morgan fingerprint density at radius 3 is 2.27 bits per heavy atom. The van der Waals surface area contributed by atoms with Crippen LogP contribution in [0.2, 0.25) is 0 Å². The zero-order valence-corrected chi connectivity index (χ0v) is 10.8. The summed E-state index contributed by atoms with van der Waals surface area (Å²) in [5, 5.41) is 0. The number of rotatable bonds is 9. The minimum absolute atomic E-state index is 0.276. The van der Waals surface area contributed by atoms with Gasteiger partial charge in [-0.3, -0.25) is 9.56 Å². The first kappa shape index (κ1) is 14.8. The molecule has 0 aromatic heterocycles. The molecule has 0 aliphatic heterocycles. The van der Waals surface area contributed by atoms with E-state index in [1.54, 1.807) is 20.1 Å². The highest BCUT2D eigenvalue weighted by Crippen LogP contribution is 2.46. The lowest BCUT2D eigenvalue weighted by Crippen LogP contribution is -2.01. The molecule has 0 N–H and O–H groups in total. The summed E-state index contributed by atoms with van der Waals surface area (Å²) < 4.78 is 22.1. The molecule has 0 aliphatic rings. The van der Waals surface area contributed by atoms with Crippen LogP contribution in [-0.2, 0) is 13.6 Å². The van der Waals surface area contributed by atoms with Gasteiger partial charge < -0.3 is 9.05 Å². The fourth-order valence-electron chi connectivity index (χ4n) is 1.03. The number of aliphatic imine (C=N–C) groups is 1. The van der Waals surface area contributed by atoms with Crippen molar-refractivity contribution in [2.24, 2.45) is 4.99 Å². The first-order valence-corrected chi connectivity index (χ1v) is 7.27. The zero-order chi connectivity index (χ0) is 11.6. The van der Waals surface area contributed by atoms with Crippen LogP contribution in [0.4, 0.5) is 0 Å². The van der Waals surface area contributed by atoms with Gasteiger partial charge in [-0.25, -0.2) is 0 Å². The lowest BCUT2D eigenvalue weighted by atomic mass is 10.3. The van der Waals surface area contributed by atoms with Crippen LogP contribution in [-0.4, -0.2) is 32.1 Å². The molecule has 0 radical (unpaired) electrons. The molecule has 0 aromatic carbocycles. The van der Waals surface area contributed by atoms with Gasteiger partial charge in [-0.1, -0.05) is 13.3 Å². The summed E-state index contributed by atoms with van der Waals surface area (Å²) in [5.74, 6) is 0. The average Bonchev–Trinajstić information content (AvgIpc) is 2.18. The summed E-state index contributed by atoms with van der Waals surface area (Å²) >= 11 is 0. The van der Waals surface area contributed by atoms with Crippen LogP contribution in [0.25, 0.3) is 0 Å². The van der Waals surface area contributed by atoms with Crippen LogP contribution in [0.3, 0.4) is 0 Å². The average molecular weight is 235 g/mol. The third-order valence-electron chi connectivity index (χ3n) is 1.73. The van der Waals surface area contributed by atoms with E-state index < -0.39 is 7.60 Å². The van der Waals surface area contributed by atoms with E-state index in [1.807, 2.05) is 0 Å². The molecular weight excluding hydrogens is 213 g/mol. The maximum atomic E-state index is 11.9. The Hall–Kier alpha value is -0.180. The number of hydrogen-bond donors (Lipinski definition) is 0. The molecule has 0 atom stereocenters. The molecule has 0 saturated heterocycles. The van der Waals surface area contributed by atoms with Crippen molar-refractivity contribution in [3.05, 3.63) is 0 Å². The Bertz CT molecular complexity index is 209. The zero-order valence-electron chi connectivity index (χ0n) is 9.94. The Balaban J connectivity index is 3.95. The highest BCUT2D eigenvalue weighted by molar-refractivity contribution is 7.54. The van der Waals surface area contributed by atoms with Gasteiger partial charge in [0.2, 0.25) is 0 Å². The van der Waals surface area contributed by atoms with Crippen LogP contribution >= 0.6 is 7.60 Å². The molecule has 0 rings (SSSR count). The molecule has 0 amide bonds. The van der Waals surface area contributed by atoms with Gasteiger partial charge in [0.25, 0.3) is 0 Å². The van der Waals surface area contributed by atoms with Crippen LogP contribution in [0.5, 0.6) is 0 Å². The quantitative estimate of drug-likeness (QED) is 0.350. The molecule has 15 heavy (non-hydrogen) atoms. The highest BCUT2D eigenvalue weighted by atomic mass is 31.2. The minimum atomic E-state index is -2.92. The summed E-state index contributed by atoms with van der Waals surface area (Å²) in [6.07, 6.45) is 4.11. The first-order chi connectivity index (χ1) is 7.18. The molecule has 4 nitrogen and oxygen atoms in total. The van der Waals surface area contributed by atoms with E-state index in [2.05, 4.69) is 11.9 Å². The Morgan fingerprint density at radius 1 is 1.20 bits per heavy atom. The summed E-state index contributed by atoms with van der Waals surface area (Å²) in [6.45, 7) is 7.31. The second-order valence-electron chi connectivity index (χ2n) is 3.07. The molecule has 0 spiro atoms. The van der Waals surface area contributed by atoms with Gasteiger partial charge in [0.1, 0.15) is 0 Å². The van der Waals surface area contributed by atoms with E-state index in [0.717, 1.165) is 19.4 Å². The molecule has 0 heterocycles. The van der Waals surface area contributed by atoms with Gasteiger partial charge in [0.05, 0.1) is 19.4 Å². The maximum absolute atomic E-state index is 11.9. The fraction of sp³-hybridized carbons (Fsp3) is 0.900. The lowest BCUT2D eigenvalue weighted by molar-refractivity contribution is 0.223. The summed E-state index contributed by atoms with van der Waals surface area (Å²) in [7, 11) is -2.92. The standard InChI is InChI=1S/C10H22NO3P/c1-4-7-8-11-9-10-15(12,13-5-2)14-6-3/h9H,4-8,10H2,1-3H3. The molecule has 5 heteroatoms. The van der Waals surface area contributed by atoms with Crippen LogP contribution in [0, 0.1) is 0 Å². The van der Waals surface area contributed by atoms with Crippen molar-refractivity contribution in [2.45, 2.75) is 33.6 Å². The predicted molar refractivity (Wildman–Crippen MR) is 64.0 cm³/mol. The molecule has 0 aliphatic carbocycles. The number of unbranched alkanes of at least 4 members (excludes halogenated alkanes) is 1. The Labute approximate surface area is 92.6 Å². The lowest BCUT2D eigenvalue weighted by Gasteiger charge is -2.14. The Kier molecular flexibility index (Phi) is 8.97. The van der Waals surface area contributed by atoms with Gasteiger partial charge in [-0.15, -0.1) is 0 Å². The minimum Gasteiger partial charge on any atom is -0.309 e. The third kappa shape index (κ3) is 7.71. The van der Waals surface area contributed by atoms with Crippen molar-refractivity contribution in [1.29, 1.82) is 0 Å². The van der Waals surface area contributed by atoms with Crippen molar-refractivity contribution < 1.29 is 13.6 Å². The molecule has 0 fully saturated rings. The Morgan fingerprint density at radius 2 is 1.80 bits per heavy atom. The van der Waals surface area contributed by atoms with Gasteiger partial charge >= 0.3 is 7.60 Å². The van der Waals surface area contributed by atoms with Crippen molar-refractivity contribution in [2.75, 3.05) is 25.9 Å². The third-order valence-corrected chi connectivity index (χ3v) is 3.64. The largest absolute Gasteiger partial charge is 0.335 e. The monoisotopic (exact) mass is 235 g/mol. The van der Waals surface area contributed by atoms with E-state index in [4.69, 9.17) is 9.05 Å². The van der Waals surface area contributed by atoms with Crippen molar-refractivity contribution in [1.82, 2.24) is 0 Å².